The summed E-state index contributed by atoms with van der Waals surface area (Å²) in [6.07, 6.45) is 2.61. The van der Waals surface area contributed by atoms with Crippen molar-refractivity contribution in [1.82, 2.24) is 35.3 Å². The summed E-state index contributed by atoms with van der Waals surface area (Å²) < 4.78 is 34.4. The first kappa shape index (κ1) is 60.8. The topological polar surface area (TPSA) is 222 Å². The quantitative estimate of drug-likeness (QED) is 0.0354. The number of nitriles is 1. The number of β-amino-alcohol motifs (C(OH)–C–C–N with tert-alkyl or cyclic N) is 1. The van der Waals surface area contributed by atoms with Gasteiger partial charge in [-0.15, -0.1) is 11.3 Å². The van der Waals surface area contributed by atoms with Crippen molar-refractivity contribution in [3.05, 3.63) is 87.1 Å². The predicted octanol–water partition coefficient (Wildman–Crippen LogP) is 7.63. The normalized spacial score (nSPS) is 16.2. The highest BCUT2D eigenvalue weighted by atomic mass is 35.5. The monoisotopic (exact) mass is 1150 g/mol. The van der Waals surface area contributed by atoms with Gasteiger partial charge in [0.2, 0.25) is 17.7 Å². The Bertz CT molecular complexity index is 2870. The summed E-state index contributed by atoms with van der Waals surface area (Å²) in [5.41, 5.74) is 6.27. The van der Waals surface area contributed by atoms with E-state index in [-0.39, 0.29) is 30.7 Å². The van der Waals surface area contributed by atoms with Gasteiger partial charge in [-0.25, -0.2) is 4.98 Å². The Morgan fingerprint density at radius 2 is 1.58 bits per heavy atom. The molecule has 0 aliphatic carbocycles. The summed E-state index contributed by atoms with van der Waals surface area (Å²) in [4.78, 5) is 56.1. The average Bonchev–Trinajstić information content (AvgIpc) is 4.08. The van der Waals surface area contributed by atoms with Gasteiger partial charge in [-0.3, -0.25) is 24.3 Å². The maximum atomic E-state index is 14.0. The van der Waals surface area contributed by atoms with E-state index in [1.54, 1.807) is 42.7 Å². The fourth-order valence-corrected chi connectivity index (χ4v) is 10.8. The first-order valence-corrected chi connectivity index (χ1v) is 28.3. The first-order chi connectivity index (χ1) is 38.1. The molecule has 2 aliphatic rings. The molecule has 2 aromatic heterocycles. The molecule has 2 fully saturated rings. The molecule has 3 aromatic carbocycles. The molecule has 426 valence electrons. The third kappa shape index (κ3) is 16.8. The van der Waals surface area contributed by atoms with Gasteiger partial charge in [-0.1, -0.05) is 68.2 Å². The van der Waals surface area contributed by atoms with Crippen molar-refractivity contribution >= 4 is 74.5 Å². The SMILES string of the molecule is COc1cc(Nc2c(C#N)cnc3cc(OCCCN4CCN(C(=O)CCOCCOCCOCCCN[C@H](C(=O)N5C[C@H](O)C[C@H]5C(=O)NCc5ccc(-c6scnc6C)cc5)C(C)(C)C)CC4)c(OC)cc23)c(Cl)cc1Cl. The van der Waals surface area contributed by atoms with E-state index in [2.05, 4.69) is 36.9 Å². The molecule has 0 spiro atoms. The van der Waals surface area contributed by atoms with E-state index in [0.29, 0.717) is 140 Å². The van der Waals surface area contributed by atoms with Crippen molar-refractivity contribution in [3.63, 3.8) is 0 Å². The van der Waals surface area contributed by atoms with Gasteiger partial charge in [-0.05, 0) is 55.0 Å². The molecule has 22 heteroatoms. The number of methoxy groups -OCH3 is 2. The number of carbonyl (C=O) groups excluding carboxylic acids is 3. The second-order valence-electron chi connectivity index (χ2n) is 20.5. The molecule has 5 aromatic rings. The summed E-state index contributed by atoms with van der Waals surface area (Å²) in [5.74, 6) is 1.01. The number of hydrogen-bond acceptors (Lipinski definition) is 17. The number of carbonyl (C=O) groups is 3. The fraction of sp³-hybridized carbons (Fsp3) is 0.509. The third-order valence-electron chi connectivity index (χ3n) is 13.8. The molecule has 19 nitrogen and oxygen atoms in total. The summed E-state index contributed by atoms with van der Waals surface area (Å²) in [6.45, 7) is 15.2. The molecule has 2 saturated heterocycles. The number of hydrogen-bond donors (Lipinski definition) is 4. The van der Waals surface area contributed by atoms with Gasteiger partial charge in [-0.2, -0.15) is 5.26 Å². The number of aryl methyl sites for hydroxylation is 1. The minimum absolute atomic E-state index is 0.0665. The number of pyridine rings is 1. The number of ether oxygens (including phenoxy) is 6. The highest BCUT2D eigenvalue weighted by Crippen LogP contribution is 2.41. The zero-order chi connectivity index (χ0) is 56.5. The van der Waals surface area contributed by atoms with Crippen molar-refractivity contribution in [2.45, 2.75) is 78.1 Å². The molecule has 0 unspecified atom stereocenters. The highest BCUT2D eigenvalue weighted by molar-refractivity contribution is 7.13. The fourth-order valence-electron chi connectivity index (χ4n) is 9.47. The number of benzene rings is 3. The number of nitrogens with zero attached hydrogens (tertiary/aromatic N) is 6. The number of amides is 3. The maximum Gasteiger partial charge on any atom is 0.243 e. The van der Waals surface area contributed by atoms with Crippen molar-refractivity contribution in [2.24, 2.45) is 5.41 Å². The number of likely N-dealkylation sites (tertiary alicyclic amines) is 1. The van der Waals surface area contributed by atoms with Gasteiger partial charge in [0.15, 0.2) is 11.5 Å². The molecule has 79 heavy (non-hydrogen) atoms. The van der Waals surface area contributed by atoms with Gasteiger partial charge in [0.1, 0.15) is 17.9 Å². The lowest BCUT2D eigenvalue weighted by Crippen LogP contribution is -2.56. The van der Waals surface area contributed by atoms with Crippen LogP contribution < -0.4 is 30.2 Å². The molecule has 7 rings (SSSR count). The molecule has 2 aliphatic heterocycles. The molecule has 3 amide bonds. The number of aliphatic hydroxyl groups is 1. The number of halogens is 2. The van der Waals surface area contributed by atoms with Crippen LogP contribution in [-0.2, 0) is 35.1 Å². The molecule has 4 heterocycles. The van der Waals surface area contributed by atoms with Crippen molar-refractivity contribution < 1.29 is 47.9 Å². The van der Waals surface area contributed by atoms with Crippen LogP contribution in [0.2, 0.25) is 10.0 Å². The summed E-state index contributed by atoms with van der Waals surface area (Å²) in [6, 6.07) is 15.7. The average molecular weight is 1150 g/mol. The van der Waals surface area contributed by atoms with Crippen LogP contribution in [-0.4, -0.2) is 172 Å². The Hall–Kier alpha value is -5.86. The number of anilines is 2. The lowest BCUT2D eigenvalue weighted by Gasteiger charge is -2.35. The van der Waals surface area contributed by atoms with Crippen molar-refractivity contribution in [3.8, 4) is 33.8 Å². The summed E-state index contributed by atoms with van der Waals surface area (Å²) in [7, 11) is 3.07. The van der Waals surface area contributed by atoms with E-state index in [1.165, 1.54) is 18.2 Å². The lowest BCUT2D eigenvalue weighted by atomic mass is 9.85. The van der Waals surface area contributed by atoms with Gasteiger partial charge >= 0.3 is 0 Å². The lowest BCUT2D eigenvalue weighted by molar-refractivity contribution is -0.142. The highest BCUT2D eigenvalue weighted by Gasteiger charge is 2.43. The van der Waals surface area contributed by atoms with Crippen LogP contribution in [0.4, 0.5) is 11.4 Å². The molecule has 4 N–H and O–H groups in total. The zero-order valence-electron chi connectivity index (χ0n) is 45.9. The van der Waals surface area contributed by atoms with E-state index >= 15 is 0 Å². The van der Waals surface area contributed by atoms with E-state index < -0.39 is 23.6 Å². The number of rotatable bonds is 28. The maximum absolute atomic E-state index is 14.0. The third-order valence-corrected chi connectivity index (χ3v) is 15.4. The van der Waals surface area contributed by atoms with E-state index in [9.17, 15) is 24.8 Å². The summed E-state index contributed by atoms with van der Waals surface area (Å²) in [5, 5.41) is 31.5. The van der Waals surface area contributed by atoms with E-state index in [1.807, 2.05) is 62.4 Å². The number of aromatic nitrogens is 2. The van der Waals surface area contributed by atoms with Gasteiger partial charge in [0.25, 0.3) is 0 Å². The Morgan fingerprint density at radius 3 is 2.25 bits per heavy atom. The van der Waals surface area contributed by atoms with Crippen LogP contribution in [0.3, 0.4) is 0 Å². The van der Waals surface area contributed by atoms with Crippen LogP contribution in [0, 0.1) is 23.7 Å². The van der Waals surface area contributed by atoms with Crippen LogP contribution in [0.1, 0.15) is 63.3 Å². The zero-order valence-corrected chi connectivity index (χ0v) is 48.2. The number of thiazole rings is 1. The Labute approximate surface area is 476 Å². The molecule has 0 saturated carbocycles. The molecular formula is C57H73Cl2N9O10S. The Balaban J connectivity index is 0.716. The number of aliphatic hydroxyl groups excluding tert-OH is 1. The molecule has 0 bridgehead atoms. The van der Waals surface area contributed by atoms with Crippen LogP contribution in [0.15, 0.2) is 60.2 Å². The van der Waals surface area contributed by atoms with Crippen molar-refractivity contribution in [2.75, 3.05) is 112 Å². The number of fused-ring (bicyclic) bond motifs is 1. The van der Waals surface area contributed by atoms with Crippen LogP contribution in [0.5, 0.6) is 17.2 Å². The second-order valence-corrected chi connectivity index (χ2v) is 22.1. The first-order valence-electron chi connectivity index (χ1n) is 26.6. The van der Waals surface area contributed by atoms with Gasteiger partial charge in [0, 0.05) is 82.6 Å². The van der Waals surface area contributed by atoms with E-state index in [4.69, 9.17) is 51.6 Å². The molecule has 3 atom stereocenters. The number of nitrogens with one attached hydrogen (secondary N) is 3. The summed E-state index contributed by atoms with van der Waals surface area (Å²) >= 11 is 14.3. The van der Waals surface area contributed by atoms with Gasteiger partial charge < -0.3 is 59.3 Å². The van der Waals surface area contributed by atoms with E-state index in [0.717, 1.165) is 47.8 Å². The minimum Gasteiger partial charge on any atom is -0.495 e. The minimum atomic E-state index is -0.784. The van der Waals surface area contributed by atoms with Crippen molar-refractivity contribution in [1.29, 1.82) is 5.26 Å². The smallest absolute Gasteiger partial charge is 0.243 e. The Morgan fingerprint density at radius 1 is 0.873 bits per heavy atom. The van der Waals surface area contributed by atoms with Crippen LogP contribution in [0.25, 0.3) is 21.3 Å². The molecule has 0 radical (unpaired) electrons. The standard InChI is InChI=1S/C57H73Cl2N9O10S/c1-37-53(79-36-64-37)39-11-9-38(10-12-39)33-63-55(71)47-27-41(69)35-68(47)56(72)54(57(2,3)4)61-14-7-20-75-23-25-77-26-24-76-22-13-51(70)67-18-16-66(17-19-67)15-8-21-78-50-30-45-42(28-49(50)74-6)52(40(32-60)34-62-45)65-46-31-48(73-5)44(59)29-43(46)58/h9-12,28-31,34,36,41,47,54,61,69H,7-8,13-27,33,35H2,1-6H3,(H,62,65)(H,63,71)/t41-,47+,54-/m1/s1. The number of piperazine rings is 1. The Kier molecular flexibility index (Phi) is 22.7. The largest absolute Gasteiger partial charge is 0.495 e. The van der Waals surface area contributed by atoms with Crippen LogP contribution >= 0.6 is 34.5 Å². The predicted molar refractivity (Wildman–Crippen MR) is 306 cm³/mol. The van der Waals surface area contributed by atoms with Gasteiger partial charge in [0.05, 0.1) is 121 Å². The second kappa shape index (κ2) is 29.6. The molecular weight excluding hydrogens is 1070 g/mol.